The third-order valence-corrected chi connectivity index (χ3v) is 2.61. The van der Waals surface area contributed by atoms with Gasteiger partial charge < -0.3 is 0 Å². The highest BCUT2D eigenvalue weighted by atomic mass is 32.1. The summed E-state index contributed by atoms with van der Waals surface area (Å²) in [5, 5.41) is 25.3. The molecule has 0 spiro atoms. The van der Waals surface area contributed by atoms with Crippen molar-refractivity contribution >= 4 is 16.3 Å². The number of thiophene rings is 1. The molecule has 0 saturated heterocycles. The van der Waals surface area contributed by atoms with Gasteiger partial charge in [0.2, 0.25) is 0 Å². The Bertz CT molecular complexity index is 430. The highest BCUT2D eigenvalue weighted by Crippen LogP contribution is 2.34. The monoisotopic (exact) mass is 190 g/mol. The zero-order valence-corrected chi connectivity index (χ0v) is 8.01. The summed E-state index contributed by atoms with van der Waals surface area (Å²) in [6.07, 6.45) is 0. The molecule has 0 bridgehead atoms. The molecule has 0 aliphatic carbocycles. The van der Waals surface area contributed by atoms with E-state index in [4.69, 9.17) is 10.5 Å². The maximum absolute atomic E-state index is 8.78. The van der Waals surface area contributed by atoms with Crippen LogP contribution in [0.3, 0.4) is 0 Å². The predicted molar refractivity (Wildman–Crippen MR) is 48.9 cm³/mol. The summed E-state index contributed by atoms with van der Waals surface area (Å²) in [6, 6.07) is 4.02. The van der Waals surface area contributed by atoms with E-state index in [1.165, 1.54) is 18.4 Å². The van der Waals surface area contributed by atoms with E-state index < -0.39 is 0 Å². The Balaban J connectivity index is 3.40. The first kappa shape index (κ1) is 9.37. The van der Waals surface area contributed by atoms with Crippen LogP contribution in [0.1, 0.15) is 16.0 Å². The summed E-state index contributed by atoms with van der Waals surface area (Å²) in [4.78, 5) is 0.527. The standard InChI is InChI=1S/C8H6N4S/c1-5-6(3-9)8(12-11-2)13-7(5)4-10/h1-2H3. The van der Waals surface area contributed by atoms with Gasteiger partial charge in [0, 0.05) is 7.05 Å². The van der Waals surface area contributed by atoms with Gasteiger partial charge in [-0.3, -0.25) is 0 Å². The highest BCUT2D eigenvalue weighted by molar-refractivity contribution is 7.16. The van der Waals surface area contributed by atoms with Crippen LogP contribution in [0.5, 0.6) is 0 Å². The molecule has 1 rings (SSSR count). The second-order valence-electron chi connectivity index (χ2n) is 2.26. The maximum Gasteiger partial charge on any atom is 0.157 e. The molecule has 0 aliphatic rings. The molecular formula is C8H6N4S. The van der Waals surface area contributed by atoms with Gasteiger partial charge in [0.15, 0.2) is 5.00 Å². The minimum atomic E-state index is 0.451. The minimum absolute atomic E-state index is 0.451. The largest absolute Gasteiger partial charge is 0.192 e. The molecule has 1 aromatic heterocycles. The molecule has 4 nitrogen and oxygen atoms in total. The SMILES string of the molecule is CN=Nc1sc(C#N)c(C)c1C#N. The third kappa shape index (κ3) is 1.56. The first-order chi connectivity index (χ1) is 6.24. The van der Waals surface area contributed by atoms with Crippen LogP contribution in [-0.2, 0) is 0 Å². The van der Waals surface area contributed by atoms with Gasteiger partial charge in [-0.25, -0.2) is 0 Å². The number of nitrogens with zero attached hydrogens (tertiary/aromatic N) is 4. The Labute approximate surface area is 79.8 Å². The molecule has 0 N–H and O–H groups in total. The van der Waals surface area contributed by atoms with Gasteiger partial charge in [-0.15, -0.1) is 16.5 Å². The topological polar surface area (TPSA) is 72.3 Å². The van der Waals surface area contributed by atoms with E-state index in [-0.39, 0.29) is 0 Å². The van der Waals surface area contributed by atoms with Gasteiger partial charge in [0.1, 0.15) is 17.0 Å². The van der Waals surface area contributed by atoms with E-state index in [0.717, 1.165) is 0 Å². The molecule has 0 saturated carbocycles. The molecule has 0 amide bonds. The van der Waals surface area contributed by atoms with Crippen molar-refractivity contribution in [2.75, 3.05) is 7.05 Å². The smallest absolute Gasteiger partial charge is 0.157 e. The molecule has 1 aromatic rings. The Morgan fingerprint density at radius 1 is 1.31 bits per heavy atom. The van der Waals surface area contributed by atoms with E-state index >= 15 is 0 Å². The van der Waals surface area contributed by atoms with Crippen molar-refractivity contribution < 1.29 is 0 Å². The number of hydrogen-bond donors (Lipinski definition) is 0. The fourth-order valence-electron chi connectivity index (χ4n) is 0.898. The van der Waals surface area contributed by atoms with Gasteiger partial charge in [-0.2, -0.15) is 15.6 Å². The van der Waals surface area contributed by atoms with Crippen molar-refractivity contribution in [3.63, 3.8) is 0 Å². The first-order valence-electron chi connectivity index (χ1n) is 3.48. The van der Waals surface area contributed by atoms with Crippen LogP contribution in [-0.4, -0.2) is 7.05 Å². The molecule has 64 valence electrons. The number of nitriles is 2. The van der Waals surface area contributed by atoms with Crippen LogP contribution in [0.4, 0.5) is 5.00 Å². The Morgan fingerprint density at radius 2 is 2.00 bits per heavy atom. The van der Waals surface area contributed by atoms with Crippen LogP contribution in [0, 0.1) is 29.6 Å². The van der Waals surface area contributed by atoms with E-state index in [2.05, 4.69) is 10.2 Å². The molecule has 13 heavy (non-hydrogen) atoms. The fraction of sp³-hybridized carbons (Fsp3) is 0.250. The number of azo groups is 1. The summed E-state index contributed by atoms with van der Waals surface area (Å²) >= 11 is 1.19. The predicted octanol–water partition coefficient (Wildman–Crippen LogP) is 2.51. The van der Waals surface area contributed by atoms with E-state index in [9.17, 15) is 0 Å². The Hall–Kier alpha value is -1.72. The second kappa shape index (κ2) is 3.79. The van der Waals surface area contributed by atoms with Crippen LogP contribution in [0.15, 0.2) is 10.2 Å². The number of hydrogen-bond acceptors (Lipinski definition) is 5. The lowest BCUT2D eigenvalue weighted by Crippen LogP contribution is -1.75. The van der Waals surface area contributed by atoms with E-state index in [0.29, 0.717) is 21.0 Å². The molecule has 0 radical (unpaired) electrons. The van der Waals surface area contributed by atoms with Gasteiger partial charge in [-0.05, 0) is 12.5 Å². The molecule has 1 heterocycles. The molecule has 0 atom stereocenters. The van der Waals surface area contributed by atoms with Crippen LogP contribution in [0.2, 0.25) is 0 Å². The van der Waals surface area contributed by atoms with Crippen molar-refractivity contribution in [2.24, 2.45) is 10.2 Å². The lowest BCUT2D eigenvalue weighted by Gasteiger charge is -1.85. The zero-order valence-electron chi connectivity index (χ0n) is 7.20. The van der Waals surface area contributed by atoms with Crippen molar-refractivity contribution in [2.45, 2.75) is 6.92 Å². The van der Waals surface area contributed by atoms with Crippen molar-refractivity contribution in [3.05, 3.63) is 16.0 Å². The van der Waals surface area contributed by atoms with Gasteiger partial charge in [0.25, 0.3) is 0 Å². The van der Waals surface area contributed by atoms with Crippen molar-refractivity contribution in [1.82, 2.24) is 0 Å². The average molecular weight is 190 g/mol. The van der Waals surface area contributed by atoms with Crippen molar-refractivity contribution in [3.8, 4) is 12.1 Å². The molecule has 0 unspecified atom stereocenters. The highest BCUT2D eigenvalue weighted by Gasteiger charge is 2.13. The van der Waals surface area contributed by atoms with Gasteiger partial charge in [-0.1, -0.05) is 0 Å². The molecular weight excluding hydrogens is 184 g/mol. The quantitative estimate of drug-likeness (QED) is 0.638. The van der Waals surface area contributed by atoms with E-state index in [1.807, 2.05) is 12.1 Å². The zero-order chi connectivity index (χ0) is 9.84. The van der Waals surface area contributed by atoms with Crippen molar-refractivity contribution in [1.29, 1.82) is 10.5 Å². The average Bonchev–Trinajstić information content (AvgIpc) is 2.43. The summed E-state index contributed by atoms with van der Waals surface area (Å²) in [5.74, 6) is 0. The van der Waals surface area contributed by atoms with Gasteiger partial charge >= 0.3 is 0 Å². The summed E-state index contributed by atoms with van der Waals surface area (Å²) in [6.45, 7) is 1.74. The Kier molecular flexibility index (Phi) is 2.73. The first-order valence-corrected chi connectivity index (χ1v) is 4.29. The lowest BCUT2D eigenvalue weighted by molar-refractivity contribution is 1.18. The molecule has 0 aliphatic heterocycles. The lowest BCUT2D eigenvalue weighted by atomic mass is 10.2. The second-order valence-corrected chi connectivity index (χ2v) is 3.26. The Morgan fingerprint density at radius 3 is 2.46 bits per heavy atom. The number of rotatable bonds is 1. The minimum Gasteiger partial charge on any atom is -0.192 e. The summed E-state index contributed by atoms with van der Waals surface area (Å²) < 4.78 is 0. The third-order valence-electron chi connectivity index (χ3n) is 1.53. The fourth-order valence-corrected chi connectivity index (χ4v) is 1.82. The van der Waals surface area contributed by atoms with Crippen LogP contribution >= 0.6 is 11.3 Å². The van der Waals surface area contributed by atoms with Crippen LogP contribution < -0.4 is 0 Å². The molecule has 0 aromatic carbocycles. The normalized spacial score (nSPS) is 9.85. The maximum atomic E-state index is 8.78. The van der Waals surface area contributed by atoms with Crippen LogP contribution in [0.25, 0.3) is 0 Å². The molecule has 0 fully saturated rings. The summed E-state index contributed by atoms with van der Waals surface area (Å²) in [5.41, 5.74) is 1.14. The molecule has 5 heteroatoms. The van der Waals surface area contributed by atoms with E-state index in [1.54, 1.807) is 6.92 Å². The van der Waals surface area contributed by atoms with Gasteiger partial charge in [0.05, 0.1) is 5.56 Å². The summed E-state index contributed by atoms with van der Waals surface area (Å²) in [7, 11) is 1.53.